The zero-order valence-corrected chi connectivity index (χ0v) is 18.8. The van der Waals surface area contributed by atoms with Gasteiger partial charge in [-0.1, -0.05) is 0 Å². The largest absolute Gasteiger partial charge is 0.379 e. The summed E-state index contributed by atoms with van der Waals surface area (Å²) in [5.74, 6) is 1.16. The van der Waals surface area contributed by atoms with Gasteiger partial charge in [-0.25, -0.2) is 0 Å². The zero-order valence-electron chi connectivity index (χ0n) is 16.5. The normalized spacial score (nSPS) is 22.9. The number of morpholine rings is 1. The van der Waals surface area contributed by atoms with E-state index in [1.54, 1.807) is 0 Å². The second-order valence-corrected chi connectivity index (χ2v) is 7.00. The predicted octanol–water partition coefficient (Wildman–Crippen LogP) is 1.28. The molecule has 2 atom stereocenters. The van der Waals surface area contributed by atoms with Crippen LogP contribution in [0.2, 0.25) is 0 Å². The van der Waals surface area contributed by atoms with Crippen molar-refractivity contribution in [3.63, 3.8) is 0 Å². The Hall–Kier alpha value is -0.610. The van der Waals surface area contributed by atoms with Crippen LogP contribution in [-0.2, 0) is 9.53 Å². The third-order valence-electron chi connectivity index (χ3n) is 4.91. The van der Waals surface area contributed by atoms with Crippen LogP contribution in [0.5, 0.6) is 0 Å². The van der Waals surface area contributed by atoms with Crippen molar-refractivity contribution in [1.82, 2.24) is 20.4 Å². The zero-order chi connectivity index (χ0) is 18.1. The molecule has 0 aromatic heterocycles. The smallest absolute Gasteiger partial charge is 0.222 e. The van der Waals surface area contributed by atoms with Gasteiger partial charge in [-0.2, -0.15) is 0 Å². The highest BCUT2D eigenvalue weighted by atomic mass is 127. The summed E-state index contributed by atoms with van der Waals surface area (Å²) in [6.07, 6.45) is 2.68. The van der Waals surface area contributed by atoms with Crippen LogP contribution < -0.4 is 10.6 Å². The number of hydrogen-bond donors (Lipinski definition) is 2. The third kappa shape index (κ3) is 7.56. The highest BCUT2D eigenvalue weighted by molar-refractivity contribution is 14.0. The number of amides is 1. The molecule has 8 heteroatoms. The van der Waals surface area contributed by atoms with Crippen LogP contribution >= 0.6 is 24.0 Å². The summed E-state index contributed by atoms with van der Waals surface area (Å²) in [7, 11) is 0. The van der Waals surface area contributed by atoms with Gasteiger partial charge in [0.2, 0.25) is 5.91 Å². The van der Waals surface area contributed by atoms with E-state index in [9.17, 15) is 4.79 Å². The Morgan fingerprint density at radius 3 is 2.85 bits per heavy atom. The molecule has 2 heterocycles. The number of nitrogens with one attached hydrogen (secondary N) is 2. The Balaban J connectivity index is 0.00000338. The molecule has 7 nitrogen and oxygen atoms in total. The average Bonchev–Trinajstić information content (AvgIpc) is 3.01. The minimum absolute atomic E-state index is 0. The molecule has 0 spiro atoms. The molecule has 2 unspecified atom stereocenters. The van der Waals surface area contributed by atoms with E-state index in [-0.39, 0.29) is 24.0 Å². The molecule has 2 rings (SSSR count). The molecule has 2 fully saturated rings. The van der Waals surface area contributed by atoms with Crippen LogP contribution in [-0.4, -0.2) is 86.2 Å². The number of guanidine groups is 1. The van der Waals surface area contributed by atoms with E-state index >= 15 is 0 Å². The molecular weight excluding hydrogens is 445 g/mol. The molecule has 2 aliphatic rings. The Morgan fingerprint density at radius 2 is 2.19 bits per heavy atom. The van der Waals surface area contributed by atoms with Gasteiger partial charge in [0.1, 0.15) is 0 Å². The van der Waals surface area contributed by atoms with E-state index < -0.39 is 0 Å². The van der Waals surface area contributed by atoms with Gasteiger partial charge in [0.25, 0.3) is 0 Å². The predicted molar refractivity (Wildman–Crippen MR) is 116 cm³/mol. The molecule has 152 valence electrons. The molecule has 0 bridgehead atoms. The number of rotatable bonds is 8. The molecular formula is C18H36IN5O2. The molecule has 0 aliphatic carbocycles. The number of likely N-dealkylation sites (tertiary alicyclic amines) is 1. The maximum Gasteiger partial charge on any atom is 0.222 e. The Kier molecular flexibility index (Phi) is 11.5. The molecule has 0 aromatic rings. The van der Waals surface area contributed by atoms with Crippen molar-refractivity contribution in [1.29, 1.82) is 0 Å². The number of aliphatic imine (C=N–C) groups is 1. The van der Waals surface area contributed by atoms with Gasteiger partial charge in [-0.15, -0.1) is 24.0 Å². The van der Waals surface area contributed by atoms with Crippen molar-refractivity contribution in [3.8, 4) is 0 Å². The van der Waals surface area contributed by atoms with Crippen molar-refractivity contribution < 1.29 is 9.53 Å². The van der Waals surface area contributed by atoms with Crippen LogP contribution in [0.15, 0.2) is 4.99 Å². The first kappa shape index (κ1) is 23.4. The van der Waals surface area contributed by atoms with Crippen molar-refractivity contribution in [2.75, 3.05) is 52.5 Å². The summed E-state index contributed by atoms with van der Waals surface area (Å²) in [5, 5.41) is 6.69. The topological polar surface area (TPSA) is 69.2 Å². The van der Waals surface area contributed by atoms with Gasteiger partial charge in [0, 0.05) is 51.2 Å². The molecule has 2 aliphatic heterocycles. The molecule has 0 aromatic carbocycles. The van der Waals surface area contributed by atoms with Gasteiger partial charge in [0.15, 0.2) is 5.96 Å². The molecule has 2 saturated heterocycles. The summed E-state index contributed by atoms with van der Waals surface area (Å²) >= 11 is 0. The van der Waals surface area contributed by atoms with Gasteiger partial charge in [-0.05, 0) is 33.6 Å². The van der Waals surface area contributed by atoms with E-state index in [2.05, 4.69) is 36.3 Å². The van der Waals surface area contributed by atoms with Crippen LogP contribution in [0.3, 0.4) is 0 Å². The van der Waals surface area contributed by atoms with Crippen LogP contribution in [0.25, 0.3) is 0 Å². The van der Waals surface area contributed by atoms with Gasteiger partial charge in [-0.3, -0.25) is 14.7 Å². The summed E-state index contributed by atoms with van der Waals surface area (Å²) < 4.78 is 5.51. The Bertz CT molecular complexity index is 449. The molecule has 26 heavy (non-hydrogen) atoms. The average molecular weight is 481 g/mol. The van der Waals surface area contributed by atoms with Crippen molar-refractivity contribution in [3.05, 3.63) is 0 Å². The minimum atomic E-state index is 0. The van der Waals surface area contributed by atoms with Gasteiger partial charge < -0.3 is 20.3 Å². The van der Waals surface area contributed by atoms with E-state index in [0.717, 1.165) is 77.7 Å². The fraction of sp³-hybridized carbons (Fsp3) is 0.889. The number of nitrogens with zero attached hydrogens (tertiary/aromatic N) is 3. The van der Waals surface area contributed by atoms with E-state index in [4.69, 9.17) is 9.73 Å². The lowest BCUT2D eigenvalue weighted by molar-refractivity contribution is -0.127. The SMILES string of the molecule is CCNC(=NCC(C)N1CCOCC1C)NCCCN1CCCC1=O.I. The van der Waals surface area contributed by atoms with Crippen molar-refractivity contribution in [2.24, 2.45) is 4.99 Å². The second-order valence-electron chi connectivity index (χ2n) is 7.00. The van der Waals surface area contributed by atoms with Crippen molar-refractivity contribution >= 4 is 35.8 Å². The Morgan fingerprint density at radius 1 is 1.38 bits per heavy atom. The minimum Gasteiger partial charge on any atom is -0.379 e. The van der Waals surface area contributed by atoms with Gasteiger partial charge >= 0.3 is 0 Å². The summed E-state index contributed by atoms with van der Waals surface area (Å²) in [6.45, 7) is 13.3. The van der Waals surface area contributed by atoms with E-state index in [1.165, 1.54) is 0 Å². The Labute approximate surface area is 175 Å². The molecule has 0 saturated carbocycles. The lowest BCUT2D eigenvalue weighted by Crippen LogP contribution is -2.49. The third-order valence-corrected chi connectivity index (χ3v) is 4.91. The van der Waals surface area contributed by atoms with Crippen molar-refractivity contribution in [2.45, 2.75) is 52.1 Å². The molecule has 2 N–H and O–H groups in total. The standard InChI is InChI=1S/C18H35N5O2.HI/c1-4-19-18(20-8-6-10-22-9-5-7-17(22)24)21-13-15(2)23-11-12-25-14-16(23)3;/h15-16H,4-14H2,1-3H3,(H2,19,20,21);1H. The summed E-state index contributed by atoms with van der Waals surface area (Å²) in [5.41, 5.74) is 0. The number of hydrogen-bond acceptors (Lipinski definition) is 4. The first-order valence-corrected chi connectivity index (χ1v) is 9.75. The first-order valence-electron chi connectivity index (χ1n) is 9.75. The maximum atomic E-state index is 11.6. The maximum absolute atomic E-state index is 11.6. The number of carbonyl (C=O) groups excluding carboxylic acids is 1. The lowest BCUT2D eigenvalue weighted by Gasteiger charge is -2.37. The van der Waals surface area contributed by atoms with Gasteiger partial charge in [0.05, 0.1) is 19.8 Å². The first-order chi connectivity index (χ1) is 12.1. The molecule has 0 radical (unpaired) electrons. The van der Waals surface area contributed by atoms with Crippen LogP contribution in [0, 0.1) is 0 Å². The number of halogens is 1. The quantitative estimate of drug-likeness (QED) is 0.237. The van der Waals surface area contributed by atoms with Crippen LogP contribution in [0.1, 0.15) is 40.0 Å². The second kappa shape index (κ2) is 12.7. The monoisotopic (exact) mass is 481 g/mol. The number of ether oxygens (including phenoxy) is 1. The lowest BCUT2D eigenvalue weighted by atomic mass is 10.2. The molecule has 1 amide bonds. The fourth-order valence-corrected chi connectivity index (χ4v) is 3.48. The highest BCUT2D eigenvalue weighted by Gasteiger charge is 2.23. The van der Waals surface area contributed by atoms with E-state index in [1.807, 2.05) is 4.90 Å². The summed E-state index contributed by atoms with van der Waals surface area (Å²) in [4.78, 5) is 20.8. The highest BCUT2D eigenvalue weighted by Crippen LogP contribution is 2.11. The fourth-order valence-electron chi connectivity index (χ4n) is 3.48. The number of carbonyl (C=O) groups is 1. The van der Waals surface area contributed by atoms with E-state index in [0.29, 0.717) is 18.0 Å². The summed E-state index contributed by atoms with van der Waals surface area (Å²) in [6, 6.07) is 0.851. The van der Waals surface area contributed by atoms with Crippen LogP contribution in [0.4, 0.5) is 0 Å².